The zero-order valence-corrected chi connectivity index (χ0v) is 13.2. The number of aromatic nitrogens is 2. The van der Waals surface area contributed by atoms with Gasteiger partial charge in [0.25, 0.3) is 0 Å². The van der Waals surface area contributed by atoms with E-state index in [-0.39, 0.29) is 5.91 Å². The van der Waals surface area contributed by atoms with Crippen molar-refractivity contribution in [2.24, 2.45) is 18.2 Å². The van der Waals surface area contributed by atoms with Gasteiger partial charge in [0.2, 0.25) is 5.91 Å². The molecule has 0 fully saturated rings. The number of rotatable bonds is 8. The van der Waals surface area contributed by atoms with Gasteiger partial charge >= 0.3 is 0 Å². The van der Waals surface area contributed by atoms with Gasteiger partial charge in [-0.3, -0.25) is 9.48 Å². The summed E-state index contributed by atoms with van der Waals surface area (Å²) in [6.45, 7) is 6.61. The molecule has 1 aromatic rings. The summed E-state index contributed by atoms with van der Waals surface area (Å²) in [4.78, 5) is 12.7. The SMILES string of the molecule is CCCC(CN)(CCC)C(=O)Nc1cn(C)nc1CC. The van der Waals surface area contributed by atoms with Crippen molar-refractivity contribution in [3.63, 3.8) is 0 Å². The molecular formula is C15H28N4O. The molecule has 0 unspecified atom stereocenters. The molecule has 0 saturated carbocycles. The smallest absolute Gasteiger partial charge is 0.231 e. The van der Waals surface area contributed by atoms with E-state index in [0.717, 1.165) is 43.5 Å². The van der Waals surface area contributed by atoms with E-state index in [2.05, 4.69) is 24.3 Å². The van der Waals surface area contributed by atoms with E-state index < -0.39 is 5.41 Å². The molecule has 5 nitrogen and oxygen atoms in total. The Hall–Kier alpha value is -1.36. The number of hydrogen-bond acceptors (Lipinski definition) is 3. The highest BCUT2D eigenvalue weighted by Gasteiger charge is 2.35. The van der Waals surface area contributed by atoms with Crippen molar-refractivity contribution in [1.82, 2.24) is 9.78 Å². The highest BCUT2D eigenvalue weighted by Crippen LogP contribution is 2.31. The summed E-state index contributed by atoms with van der Waals surface area (Å²) in [5, 5.41) is 7.39. The zero-order valence-electron chi connectivity index (χ0n) is 13.2. The summed E-state index contributed by atoms with van der Waals surface area (Å²) in [5.74, 6) is 0.0337. The second-order valence-corrected chi connectivity index (χ2v) is 5.46. The van der Waals surface area contributed by atoms with Gasteiger partial charge in [0.05, 0.1) is 16.8 Å². The minimum atomic E-state index is -0.454. The average molecular weight is 280 g/mol. The lowest BCUT2D eigenvalue weighted by atomic mass is 9.78. The normalized spacial score (nSPS) is 11.7. The number of nitrogens with one attached hydrogen (secondary N) is 1. The molecular weight excluding hydrogens is 252 g/mol. The van der Waals surface area contributed by atoms with Crippen LogP contribution in [0, 0.1) is 5.41 Å². The molecule has 0 atom stereocenters. The zero-order chi connectivity index (χ0) is 15.2. The third-order valence-corrected chi connectivity index (χ3v) is 3.82. The first-order valence-corrected chi connectivity index (χ1v) is 7.57. The summed E-state index contributed by atoms with van der Waals surface area (Å²) in [6, 6.07) is 0. The predicted molar refractivity (Wildman–Crippen MR) is 82.5 cm³/mol. The van der Waals surface area contributed by atoms with Gasteiger partial charge in [0.1, 0.15) is 0 Å². The van der Waals surface area contributed by atoms with Gasteiger partial charge in [-0.15, -0.1) is 0 Å². The molecule has 0 radical (unpaired) electrons. The van der Waals surface area contributed by atoms with E-state index in [1.807, 2.05) is 20.2 Å². The first-order chi connectivity index (χ1) is 9.52. The van der Waals surface area contributed by atoms with E-state index in [9.17, 15) is 4.79 Å². The monoisotopic (exact) mass is 280 g/mol. The fraction of sp³-hybridized carbons (Fsp3) is 0.733. The Morgan fingerprint density at radius 1 is 1.35 bits per heavy atom. The molecule has 0 aliphatic carbocycles. The number of amides is 1. The molecule has 114 valence electrons. The van der Waals surface area contributed by atoms with Crippen LogP contribution < -0.4 is 11.1 Å². The molecule has 1 rings (SSSR count). The van der Waals surface area contributed by atoms with Crippen LogP contribution >= 0.6 is 0 Å². The summed E-state index contributed by atoms with van der Waals surface area (Å²) < 4.78 is 1.73. The molecule has 20 heavy (non-hydrogen) atoms. The van der Waals surface area contributed by atoms with E-state index >= 15 is 0 Å². The number of anilines is 1. The van der Waals surface area contributed by atoms with Crippen LogP contribution in [-0.2, 0) is 18.3 Å². The molecule has 1 heterocycles. The second kappa shape index (κ2) is 7.43. The van der Waals surface area contributed by atoms with Crippen molar-refractivity contribution in [2.45, 2.75) is 52.9 Å². The van der Waals surface area contributed by atoms with Crippen LogP contribution in [0.5, 0.6) is 0 Å². The molecule has 0 saturated heterocycles. The van der Waals surface area contributed by atoms with E-state index in [1.165, 1.54) is 0 Å². The first-order valence-electron chi connectivity index (χ1n) is 7.57. The van der Waals surface area contributed by atoms with Gasteiger partial charge in [0, 0.05) is 19.8 Å². The Morgan fingerprint density at radius 2 is 1.95 bits per heavy atom. The lowest BCUT2D eigenvalue weighted by Gasteiger charge is -2.30. The van der Waals surface area contributed by atoms with E-state index in [1.54, 1.807) is 4.68 Å². The molecule has 3 N–H and O–H groups in total. The largest absolute Gasteiger partial charge is 0.329 e. The number of nitrogens with zero attached hydrogens (tertiary/aromatic N) is 2. The summed E-state index contributed by atoms with van der Waals surface area (Å²) >= 11 is 0. The van der Waals surface area contributed by atoms with Gasteiger partial charge in [-0.05, 0) is 19.3 Å². The molecule has 0 spiro atoms. The Morgan fingerprint density at radius 3 is 2.40 bits per heavy atom. The fourth-order valence-electron chi connectivity index (χ4n) is 2.76. The van der Waals surface area contributed by atoms with Crippen molar-refractivity contribution < 1.29 is 4.79 Å². The van der Waals surface area contributed by atoms with Gasteiger partial charge in [-0.1, -0.05) is 33.6 Å². The number of carbonyl (C=O) groups excluding carboxylic acids is 1. The minimum absolute atomic E-state index is 0.0337. The number of aryl methyl sites for hydroxylation is 2. The molecule has 0 aromatic carbocycles. The van der Waals surface area contributed by atoms with Crippen molar-refractivity contribution in [1.29, 1.82) is 0 Å². The average Bonchev–Trinajstić information content (AvgIpc) is 2.78. The Labute approximate surface area is 121 Å². The van der Waals surface area contributed by atoms with Crippen LogP contribution in [0.4, 0.5) is 5.69 Å². The standard InChI is InChI=1S/C15H28N4O/c1-5-8-15(11-16,9-6-2)14(20)17-13-10-19(4)18-12(13)7-3/h10H,5-9,11,16H2,1-4H3,(H,17,20). The molecule has 0 aliphatic heterocycles. The lowest BCUT2D eigenvalue weighted by Crippen LogP contribution is -2.42. The van der Waals surface area contributed by atoms with Crippen LogP contribution in [0.1, 0.15) is 52.1 Å². The van der Waals surface area contributed by atoms with Gasteiger partial charge in [-0.2, -0.15) is 5.10 Å². The molecule has 5 heteroatoms. The van der Waals surface area contributed by atoms with Gasteiger partial charge in [0.15, 0.2) is 0 Å². The highest BCUT2D eigenvalue weighted by molar-refractivity contribution is 5.95. The summed E-state index contributed by atoms with van der Waals surface area (Å²) in [6.07, 6.45) is 6.22. The summed E-state index contributed by atoms with van der Waals surface area (Å²) in [5.41, 5.74) is 7.20. The van der Waals surface area contributed by atoms with Crippen molar-refractivity contribution in [3.05, 3.63) is 11.9 Å². The minimum Gasteiger partial charge on any atom is -0.329 e. The fourth-order valence-corrected chi connectivity index (χ4v) is 2.76. The van der Waals surface area contributed by atoms with E-state index in [0.29, 0.717) is 6.54 Å². The van der Waals surface area contributed by atoms with E-state index in [4.69, 9.17) is 5.73 Å². The number of hydrogen-bond donors (Lipinski definition) is 2. The Bertz CT molecular complexity index is 433. The molecule has 1 amide bonds. The topological polar surface area (TPSA) is 72.9 Å². The van der Waals surface area contributed by atoms with Crippen molar-refractivity contribution in [3.8, 4) is 0 Å². The number of carbonyl (C=O) groups is 1. The van der Waals surface area contributed by atoms with Crippen molar-refractivity contribution >= 4 is 11.6 Å². The van der Waals surface area contributed by atoms with Crippen LogP contribution in [0.2, 0.25) is 0 Å². The predicted octanol–water partition coefficient (Wildman–Crippen LogP) is 2.47. The van der Waals surface area contributed by atoms with Gasteiger partial charge < -0.3 is 11.1 Å². The first kappa shape index (κ1) is 16.7. The maximum Gasteiger partial charge on any atom is 0.231 e. The molecule has 0 aliphatic rings. The van der Waals surface area contributed by atoms with Gasteiger partial charge in [-0.25, -0.2) is 0 Å². The van der Waals surface area contributed by atoms with Crippen LogP contribution in [0.3, 0.4) is 0 Å². The second-order valence-electron chi connectivity index (χ2n) is 5.46. The Kier molecular flexibility index (Phi) is 6.20. The number of nitrogens with two attached hydrogens (primary N) is 1. The maximum absolute atomic E-state index is 12.7. The van der Waals surface area contributed by atoms with Crippen LogP contribution in [0.25, 0.3) is 0 Å². The van der Waals surface area contributed by atoms with Crippen LogP contribution in [0.15, 0.2) is 6.20 Å². The third-order valence-electron chi connectivity index (χ3n) is 3.82. The lowest BCUT2D eigenvalue weighted by molar-refractivity contribution is -0.126. The van der Waals surface area contributed by atoms with Crippen LogP contribution in [-0.4, -0.2) is 22.2 Å². The summed E-state index contributed by atoms with van der Waals surface area (Å²) in [7, 11) is 1.86. The molecule has 0 bridgehead atoms. The quantitative estimate of drug-likeness (QED) is 0.768. The van der Waals surface area contributed by atoms with Crippen molar-refractivity contribution in [2.75, 3.05) is 11.9 Å². The third kappa shape index (κ3) is 3.60. The highest BCUT2D eigenvalue weighted by atomic mass is 16.2. The Balaban J connectivity index is 2.95. The maximum atomic E-state index is 12.7. The molecule has 1 aromatic heterocycles.